The molecule has 5 rings (SSSR count). The number of rotatable bonds is 4. The highest BCUT2D eigenvalue weighted by molar-refractivity contribution is 6.05. The van der Waals surface area contributed by atoms with E-state index in [4.69, 9.17) is 0 Å². The molecule has 0 radical (unpaired) electrons. The number of aromatic amines is 1. The summed E-state index contributed by atoms with van der Waals surface area (Å²) in [6.45, 7) is 2.49. The van der Waals surface area contributed by atoms with E-state index in [2.05, 4.69) is 11.1 Å². The van der Waals surface area contributed by atoms with Crippen molar-refractivity contribution in [2.75, 3.05) is 6.54 Å². The van der Waals surface area contributed by atoms with Crippen molar-refractivity contribution < 1.29 is 14.7 Å². The lowest BCUT2D eigenvalue weighted by molar-refractivity contribution is -0.128. The predicted molar refractivity (Wildman–Crippen MR) is 110 cm³/mol. The number of amides is 3. The topological polar surface area (TPSA) is 76.6 Å². The van der Waals surface area contributed by atoms with Gasteiger partial charge in [-0.25, -0.2) is 4.79 Å². The van der Waals surface area contributed by atoms with Gasteiger partial charge in [0.05, 0.1) is 0 Å². The van der Waals surface area contributed by atoms with E-state index < -0.39 is 12.1 Å². The van der Waals surface area contributed by atoms with Gasteiger partial charge < -0.3 is 10.1 Å². The Kier molecular flexibility index (Phi) is 4.08. The van der Waals surface area contributed by atoms with E-state index in [1.54, 1.807) is 23.1 Å². The summed E-state index contributed by atoms with van der Waals surface area (Å²) in [6, 6.07) is 13.8. The van der Waals surface area contributed by atoms with Crippen LogP contribution in [0.1, 0.15) is 42.6 Å². The van der Waals surface area contributed by atoms with Crippen LogP contribution in [-0.4, -0.2) is 44.4 Å². The van der Waals surface area contributed by atoms with Crippen molar-refractivity contribution in [1.82, 2.24) is 14.8 Å². The molecule has 2 aromatic carbocycles. The van der Waals surface area contributed by atoms with Crippen LogP contribution in [0.4, 0.5) is 4.79 Å². The number of phenolic OH excluding ortho intramolecular Hbond substituents is 1. The van der Waals surface area contributed by atoms with Crippen molar-refractivity contribution in [2.24, 2.45) is 0 Å². The summed E-state index contributed by atoms with van der Waals surface area (Å²) >= 11 is 0. The Morgan fingerprint density at radius 1 is 1.14 bits per heavy atom. The molecule has 3 aromatic rings. The Bertz CT molecular complexity index is 1120. The number of aromatic nitrogens is 1. The van der Waals surface area contributed by atoms with Crippen molar-refractivity contribution in [3.8, 4) is 5.75 Å². The van der Waals surface area contributed by atoms with Crippen LogP contribution in [0.15, 0.2) is 48.5 Å². The second-order valence-corrected chi connectivity index (χ2v) is 7.81. The Balaban J connectivity index is 1.69. The summed E-state index contributed by atoms with van der Waals surface area (Å²) in [6.07, 6.45) is 2.21. The molecule has 148 valence electrons. The molecular weight excluding hydrogens is 366 g/mol. The molecule has 2 aliphatic rings. The molecule has 0 unspecified atom stereocenters. The zero-order valence-corrected chi connectivity index (χ0v) is 16.3. The van der Waals surface area contributed by atoms with Gasteiger partial charge in [0.25, 0.3) is 5.91 Å². The second kappa shape index (κ2) is 6.65. The number of para-hydroxylation sites is 1. The summed E-state index contributed by atoms with van der Waals surface area (Å²) in [5, 5.41) is 11.1. The maximum Gasteiger partial charge on any atom is 0.328 e. The number of hydrogen-bond donors (Lipinski definition) is 2. The Morgan fingerprint density at radius 3 is 2.76 bits per heavy atom. The first kappa shape index (κ1) is 17.8. The fraction of sp³-hybridized carbons (Fsp3) is 0.304. The molecule has 0 bridgehead atoms. The molecule has 6 heteroatoms. The first-order chi connectivity index (χ1) is 14.1. The molecule has 1 aromatic heterocycles. The fourth-order valence-corrected chi connectivity index (χ4v) is 4.69. The molecule has 1 saturated heterocycles. The number of nitrogens with zero attached hydrogens (tertiary/aromatic N) is 2. The van der Waals surface area contributed by atoms with Crippen molar-refractivity contribution in [1.29, 1.82) is 0 Å². The monoisotopic (exact) mass is 389 g/mol. The first-order valence-electron chi connectivity index (χ1n) is 10.1. The molecule has 6 nitrogen and oxygen atoms in total. The van der Waals surface area contributed by atoms with E-state index in [1.807, 2.05) is 31.2 Å². The van der Waals surface area contributed by atoms with Crippen LogP contribution in [0.5, 0.6) is 5.75 Å². The molecule has 2 atom stereocenters. The van der Waals surface area contributed by atoms with Gasteiger partial charge in [-0.1, -0.05) is 43.7 Å². The van der Waals surface area contributed by atoms with Crippen LogP contribution < -0.4 is 0 Å². The van der Waals surface area contributed by atoms with Crippen LogP contribution in [0.2, 0.25) is 0 Å². The Labute approximate surface area is 168 Å². The third kappa shape index (κ3) is 2.63. The van der Waals surface area contributed by atoms with E-state index in [0.29, 0.717) is 13.0 Å². The zero-order valence-electron chi connectivity index (χ0n) is 16.3. The van der Waals surface area contributed by atoms with E-state index >= 15 is 0 Å². The summed E-state index contributed by atoms with van der Waals surface area (Å²) in [5.74, 6) is 0.0210. The zero-order chi connectivity index (χ0) is 20.1. The predicted octanol–water partition coefficient (Wildman–Crippen LogP) is 3.95. The van der Waals surface area contributed by atoms with Gasteiger partial charge in [0.15, 0.2) is 0 Å². The molecule has 29 heavy (non-hydrogen) atoms. The van der Waals surface area contributed by atoms with Crippen LogP contribution in [-0.2, 0) is 11.2 Å². The summed E-state index contributed by atoms with van der Waals surface area (Å²) in [4.78, 5) is 33.1. The highest BCUT2D eigenvalue weighted by Crippen LogP contribution is 2.44. The SMILES string of the molecule is CCCCN1C(=O)[C@H]2Cc3c([nH]c4ccccc34)[C@@H](c3cccc(O)c3)N2C1=O. The average Bonchev–Trinajstić information content (AvgIpc) is 3.20. The van der Waals surface area contributed by atoms with Gasteiger partial charge in [0, 0.05) is 29.6 Å². The van der Waals surface area contributed by atoms with Gasteiger partial charge in [-0.15, -0.1) is 0 Å². The smallest absolute Gasteiger partial charge is 0.328 e. The number of benzene rings is 2. The quantitative estimate of drug-likeness (QED) is 0.664. The number of unbranched alkanes of at least 4 members (excludes halogenated alkanes) is 1. The van der Waals surface area contributed by atoms with Crippen LogP contribution >= 0.6 is 0 Å². The maximum absolute atomic E-state index is 13.3. The van der Waals surface area contributed by atoms with Crippen molar-refractivity contribution in [2.45, 2.75) is 38.3 Å². The van der Waals surface area contributed by atoms with Crippen molar-refractivity contribution in [3.05, 3.63) is 65.4 Å². The van der Waals surface area contributed by atoms with Gasteiger partial charge >= 0.3 is 6.03 Å². The molecule has 1 fully saturated rings. The van der Waals surface area contributed by atoms with Gasteiger partial charge in [0.2, 0.25) is 0 Å². The normalized spacial score (nSPS) is 21.0. The molecule has 3 heterocycles. The minimum absolute atomic E-state index is 0.121. The standard InChI is InChI=1S/C23H23N3O3/c1-2-3-11-25-22(28)19-13-17-16-9-4-5-10-18(16)24-20(17)21(26(19)23(25)29)14-7-6-8-15(27)12-14/h4-10,12,19,21,24,27H,2-3,11,13H2,1H3/t19-,21-/m1/s1. The van der Waals surface area contributed by atoms with Crippen LogP contribution in [0, 0.1) is 0 Å². The highest BCUT2D eigenvalue weighted by atomic mass is 16.3. The maximum atomic E-state index is 13.3. The molecule has 0 aliphatic carbocycles. The van der Waals surface area contributed by atoms with Gasteiger partial charge in [-0.3, -0.25) is 14.6 Å². The summed E-state index contributed by atoms with van der Waals surface area (Å²) < 4.78 is 0. The molecule has 2 aliphatic heterocycles. The van der Waals surface area contributed by atoms with E-state index in [1.165, 1.54) is 4.90 Å². The summed E-state index contributed by atoms with van der Waals surface area (Å²) in [7, 11) is 0. The number of fused-ring (bicyclic) bond motifs is 4. The number of nitrogens with one attached hydrogen (secondary N) is 1. The van der Waals surface area contributed by atoms with E-state index in [0.717, 1.165) is 40.6 Å². The minimum atomic E-state index is -0.515. The molecular formula is C23H23N3O3. The third-order valence-corrected chi connectivity index (χ3v) is 6.06. The molecule has 0 saturated carbocycles. The van der Waals surface area contributed by atoms with Gasteiger partial charge in [-0.2, -0.15) is 0 Å². The van der Waals surface area contributed by atoms with Crippen molar-refractivity contribution >= 4 is 22.8 Å². The van der Waals surface area contributed by atoms with Gasteiger partial charge in [-0.05, 0) is 35.7 Å². The van der Waals surface area contributed by atoms with Crippen molar-refractivity contribution in [3.63, 3.8) is 0 Å². The number of hydrogen-bond acceptors (Lipinski definition) is 3. The largest absolute Gasteiger partial charge is 0.508 e. The Morgan fingerprint density at radius 2 is 1.97 bits per heavy atom. The van der Waals surface area contributed by atoms with Gasteiger partial charge in [0.1, 0.15) is 17.8 Å². The Hall–Kier alpha value is -3.28. The average molecular weight is 389 g/mol. The third-order valence-electron chi connectivity index (χ3n) is 6.06. The number of carbonyl (C=O) groups is 2. The van der Waals surface area contributed by atoms with Crippen LogP contribution in [0.3, 0.4) is 0 Å². The van der Waals surface area contributed by atoms with E-state index in [9.17, 15) is 14.7 Å². The lowest BCUT2D eigenvalue weighted by atomic mass is 9.89. The highest BCUT2D eigenvalue weighted by Gasteiger charge is 2.52. The number of aromatic hydroxyl groups is 1. The summed E-state index contributed by atoms with van der Waals surface area (Å²) in [5.41, 5.74) is 3.78. The fourth-order valence-electron chi connectivity index (χ4n) is 4.69. The number of imide groups is 1. The number of carbonyl (C=O) groups excluding carboxylic acids is 2. The van der Waals surface area contributed by atoms with Crippen LogP contribution in [0.25, 0.3) is 10.9 Å². The first-order valence-corrected chi connectivity index (χ1v) is 10.1. The number of H-pyrrole nitrogens is 1. The number of phenols is 1. The molecule has 2 N–H and O–H groups in total. The van der Waals surface area contributed by atoms with E-state index in [-0.39, 0.29) is 17.7 Å². The minimum Gasteiger partial charge on any atom is -0.508 e. The molecule has 3 amide bonds. The molecule has 0 spiro atoms. The number of urea groups is 1. The second-order valence-electron chi connectivity index (χ2n) is 7.81. The lowest BCUT2D eigenvalue weighted by Gasteiger charge is -2.36. The lowest BCUT2D eigenvalue weighted by Crippen LogP contribution is -2.44.